The molecule has 1 saturated heterocycles. The van der Waals surface area contributed by atoms with E-state index in [4.69, 9.17) is 0 Å². The molecule has 0 aromatic heterocycles. The van der Waals surface area contributed by atoms with Crippen LogP contribution in [0.5, 0.6) is 0 Å². The lowest BCUT2D eigenvalue weighted by atomic mass is 10.2. The number of carbonyl (C=O) groups excluding carboxylic acids is 1. The van der Waals surface area contributed by atoms with Gasteiger partial charge in [0, 0.05) is 25.2 Å². The zero-order valence-corrected chi connectivity index (χ0v) is 16.7. The first kappa shape index (κ1) is 18.9. The Kier molecular flexibility index (Phi) is 4.67. The molecule has 0 atom stereocenters. The molecule has 2 aromatic rings. The number of carbonyl (C=O) groups is 1. The number of anilines is 1. The fourth-order valence-electron chi connectivity index (χ4n) is 3.57. The number of amides is 1. The van der Waals surface area contributed by atoms with Crippen molar-refractivity contribution in [1.29, 1.82) is 0 Å². The van der Waals surface area contributed by atoms with Gasteiger partial charge in [-0.3, -0.25) is 9.10 Å². The second kappa shape index (κ2) is 6.89. The minimum atomic E-state index is -3.79. The molecule has 28 heavy (non-hydrogen) atoms. The van der Waals surface area contributed by atoms with Crippen LogP contribution in [0.25, 0.3) is 0 Å². The summed E-state index contributed by atoms with van der Waals surface area (Å²) in [6.07, 6.45) is 0.649. The van der Waals surface area contributed by atoms with Gasteiger partial charge in [0.25, 0.3) is 15.9 Å². The van der Waals surface area contributed by atoms with Crippen LogP contribution < -0.4 is 4.31 Å². The van der Waals surface area contributed by atoms with Crippen LogP contribution in [0, 0.1) is 0 Å². The Hall–Kier alpha value is -2.39. The van der Waals surface area contributed by atoms with E-state index in [1.54, 1.807) is 24.3 Å². The fourth-order valence-corrected chi connectivity index (χ4v) is 6.32. The summed E-state index contributed by atoms with van der Waals surface area (Å²) < 4.78 is 50.8. The van der Waals surface area contributed by atoms with Gasteiger partial charge >= 0.3 is 0 Å². The van der Waals surface area contributed by atoms with E-state index in [9.17, 15) is 21.6 Å². The van der Waals surface area contributed by atoms with Gasteiger partial charge < -0.3 is 4.90 Å². The summed E-state index contributed by atoms with van der Waals surface area (Å²) in [7, 11) is -6.89. The first-order valence-electron chi connectivity index (χ1n) is 8.98. The summed E-state index contributed by atoms with van der Waals surface area (Å²) in [6.45, 7) is 0.610. The number of hydrogen-bond acceptors (Lipinski definition) is 5. The zero-order chi connectivity index (χ0) is 19.9. The highest BCUT2D eigenvalue weighted by atomic mass is 32.2. The van der Waals surface area contributed by atoms with Gasteiger partial charge in [0.05, 0.1) is 22.1 Å². The van der Waals surface area contributed by atoms with Gasteiger partial charge in [0.1, 0.15) is 0 Å². The average molecular weight is 421 g/mol. The summed E-state index contributed by atoms with van der Waals surface area (Å²) in [6, 6.07) is 13.3. The van der Waals surface area contributed by atoms with E-state index < -0.39 is 19.9 Å². The first-order chi connectivity index (χ1) is 13.3. The topological polar surface area (TPSA) is 91.8 Å². The number of fused-ring (bicyclic) bond motifs is 1. The van der Waals surface area contributed by atoms with E-state index in [0.717, 1.165) is 5.56 Å². The lowest BCUT2D eigenvalue weighted by Crippen LogP contribution is -2.43. The van der Waals surface area contributed by atoms with Crippen molar-refractivity contribution in [2.24, 2.45) is 0 Å². The molecule has 0 unspecified atom stereocenters. The lowest BCUT2D eigenvalue weighted by Gasteiger charge is -2.27. The Morgan fingerprint density at radius 3 is 2.39 bits per heavy atom. The van der Waals surface area contributed by atoms with Crippen LogP contribution in [0.2, 0.25) is 0 Å². The normalized spacial score (nSPS) is 18.7. The Morgan fingerprint density at radius 2 is 1.64 bits per heavy atom. The van der Waals surface area contributed by atoms with Gasteiger partial charge in [0.2, 0.25) is 0 Å². The smallest absolute Gasteiger partial charge is 0.264 e. The van der Waals surface area contributed by atoms with Gasteiger partial charge in [-0.1, -0.05) is 24.3 Å². The highest BCUT2D eigenvalue weighted by molar-refractivity contribution is 7.93. The standard InChI is InChI=1S/C19H20N2O5S2/c22-19(20-10-12-27(23,24)13-11-20)16-5-3-6-17(14-16)28(25,26)21-9-8-15-4-1-2-7-18(15)21/h1-7,14H,8-13H2. The number of hydrogen-bond donors (Lipinski definition) is 0. The predicted molar refractivity (Wildman–Crippen MR) is 106 cm³/mol. The van der Waals surface area contributed by atoms with Crippen molar-refractivity contribution < 1.29 is 21.6 Å². The molecule has 0 bridgehead atoms. The Labute approximate surface area is 164 Å². The molecular weight excluding hydrogens is 400 g/mol. The number of nitrogens with zero attached hydrogens (tertiary/aromatic N) is 2. The maximum Gasteiger partial charge on any atom is 0.264 e. The monoisotopic (exact) mass is 420 g/mol. The van der Waals surface area contributed by atoms with E-state index in [1.165, 1.54) is 21.3 Å². The average Bonchev–Trinajstić information content (AvgIpc) is 3.12. The Morgan fingerprint density at radius 1 is 0.929 bits per heavy atom. The minimum Gasteiger partial charge on any atom is -0.337 e. The summed E-state index contributed by atoms with van der Waals surface area (Å²) in [5, 5.41) is 0. The Bertz CT molecular complexity index is 1130. The van der Waals surface area contributed by atoms with Crippen LogP contribution in [0.3, 0.4) is 0 Å². The third-order valence-electron chi connectivity index (χ3n) is 5.15. The van der Waals surface area contributed by atoms with Crippen LogP contribution in [0.15, 0.2) is 53.4 Å². The van der Waals surface area contributed by atoms with Gasteiger partial charge in [-0.05, 0) is 36.2 Å². The molecule has 0 N–H and O–H groups in total. The molecule has 0 radical (unpaired) electrons. The molecule has 0 spiro atoms. The van der Waals surface area contributed by atoms with Crippen molar-refractivity contribution in [3.8, 4) is 0 Å². The highest BCUT2D eigenvalue weighted by Gasteiger charge is 2.32. The van der Waals surface area contributed by atoms with Gasteiger partial charge in [-0.25, -0.2) is 16.8 Å². The molecule has 1 fully saturated rings. The minimum absolute atomic E-state index is 0.0553. The van der Waals surface area contributed by atoms with Crippen LogP contribution >= 0.6 is 0 Å². The predicted octanol–water partition coefficient (Wildman–Crippen LogP) is 1.31. The molecule has 4 rings (SSSR count). The summed E-state index contributed by atoms with van der Waals surface area (Å²) in [5.74, 6) is -0.489. The number of rotatable bonds is 3. The molecule has 9 heteroatoms. The second-order valence-corrected chi connectivity index (χ2v) is 11.1. The second-order valence-electron chi connectivity index (χ2n) is 6.93. The lowest BCUT2D eigenvalue weighted by molar-refractivity contribution is 0.0770. The maximum atomic E-state index is 13.2. The van der Waals surface area contributed by atoms with Crippen molar-refractivity contribution >= 4 is 31.5 Å². The SMILES string of the molecule is O=C(c1cccc(S(=O)(=O)N2CCc3ccccc32)c1)N1CCS(=O)(=O)CC1. The van der Waals surface area contributed by atoms with Crippen LogP contribution in [0.1, 0.15) is 15.9 Å². The van der Waals surface area contributed by atoms with Crippen molar-refractivity contribution in [2.75, 3.05) is 35.4 Å². The number of para-hydroxylation sites is 1. The molecular formula is C19H20N2O5S2. The molecule has 148 valence electrons. The maximum absolute atomic E-state index is 13.2. The third kappa shape index (κ3) is 3.40. The molecule has 0 aliphatic carbocycles. The van der Waals surface area contributed by atoms with Crippen LogP contribution in [-0.4, -0.2) is 58.8 Å². The number of sulfonamides is 1. The van der Waals surface area contributed by atoms with Crippen molar-refractivity contribution in [1.82, 2.24) is 4.90 Å². The highest BCUT2D eigenvalue weighted by Crippen LogP contribution is 2.32. The van der Waals surface area contributed by atoms with E-state index >= 15 is 0 Å². The summed E-state index contributed by atoms with van der Waals surface area (Å²) in [5.41, 5.74) is 1.89. The van der Waals surface area contributed by atoms with E-state index in [1.807, 2.05) is 12.1 Å². The van der Waals surface area contributed by atoms with E-state index in [2.05, 4.69) is 0 Å². The summed E-state index contributed by atoms with van der Waals surface area (Å²) >= 11 is 0. The van der Waals surface area contributed by atoms with Gasteiger partial charge in [-0.15, -0.1) is 0 Å². The van der Waals surface area contributed by atoms with E-state index in [0.29, 0.717) is 18.7 Å². The number of benzene rings is 2. The zero-order valence-electron chi connectivity index (χ0n) is 15.1. The number of sulfone groups is 1. The van der Waals surface area contributed by atoms with Crippen LogP contribution in [-0.2, 0) is 26.3 Å². The quantitative estimate of drug-likeness (QED) is 0.747. The molecule has 2 heterocycles. The van der Waals surface area contributed by atoms with Crippen LogP contribution in [0.4, 0.5) is 5.69 Å². The fraction of sp³-hybridized carbons (Fsp3) is 0.316. The molecule has 1 amide bonds. The third-order valence-corrected chi connectivity index (χ3v) is 8.56. The molecule has 7 nitrogen and oxygen atoms in total. The molecule has 2 aliphatic rings. The van der Waals surface area contributed by atoms with Crippen molar-refractivity contribution in [3.63, 3.8) is 0 Å². The molecule has 0 saturated carbocycles. The van der Waals surface area contributed by atoms with Gasteiger partial charge in [0.15, 0.2) is 9.84 Å². The first-order valence-corrected chi connectivity index (χ1v) is 12.2. The Balaban J connectivity index is 1.61. The van der Waals surface area contributed by atoms with E-state index in [-0.39, 0.29) is 41.0 Å². The largest absolute Gasteiger partial charge is 0.337 e. The van der Waals surface area contributed by atoms with Crippen molar-refractivity contribution in [2.45, 2.75) is 11.3 Å². The van der Waals surface area contributed by atoms with Crippen molar-refractivity contribution in [3.05, 3.63) is 59.7 Å². The molecule has 2 aromatic carbocycles. The van der Waals surface area contributed by atoms with Gasteiger partial charge in [-0.2, -0.15) is 0 Å². The molecule has 2 aliphatic heterocycles. The summed E-state index contributed by atoms with van der Waals surface area (Å²) in [4.78, 5) is 14.2.